The highest BCUT2D eigenvalue weighted by Gasteiger charge is 2.18. The van der Waals surface area contributed by atoms with Crippen molar-refractivity contribution >= 4 is 35.0 Å². The molecule has 0 spiro atoms. The van der Waals surface area contributed by atoms with E-state index in [2.05, 4.69) is 20.5 Å². The van der Waals surface area contributed by atoms with Gasteiger partial charge in [0.15, 0.2) is 5.82 Å². The molecule has 0 aliphatic rings. The van der Waals surface area contributed by atoms with Gasteiger partial charge in [-0.2, -0.15) is 0 Å². The van der Waals surface area contributed by atoms with E-state index in [4.69, 9.17) is 16.3 Å². The van der Waals surface area contributed by atoms with Gasteiger partial charge in [-0.25, -0.2) is 9.37 Å². The molecule has 3 aromatic rings. The molecule has 0 aliphatic carbocycles. The van der Waals surface area contributed by atoms with Crippen molar-refractivity contribution < 1.29 is 13.9 Å². The van der Waals surface area contributed by atoms with Crippen LogP contribution >= 0.6 is 23.4 Å². The Morgan fingerprint density at radius 2 is 2.04 bits per heavy atom. The molecule has 0 saturated heterocycles. The molecule has 6 nitrogen and oxygen atoms in total. The maximum absolute atomic E-state index is 13.6. The molecule has 0 fully saturated rings. The van der Waals surface area contributed by atoms with Gasteiger partial charge in [0.1, 0.15) is 18.2 Å². The number of aromatic amines is 1. The maximum atomic E-state index is 13.6. The van der Waals surface area contributed by atoms with Gasteiger partial charge in [-0.15, -0.1) is 5.10 Å². The Labute approximate surface area is 164 Å². The number of rotatable bonds is 7. The van der Waals surface area contributed by atoms with Crippen LogP contribution in [0, 0.1) is 5.82 Å². The highest BCUT2D eigenvalue weighted by molar-refractivity contribution is 8.00. The zero-order valence-corrected chi connectivity index (χ0v) is 15.9. The molecule has 1 aromatic heterocycles. The number of nitrogens with one attached hydrogen (secondary N) is 2. The molecule has 140 valence electrons. The number of carbonyl (C=O) groups excluding carboxylic acids is 1. The van der Waals surface area contributed by atoms with Crippen LogP contribution in [0.25, 0.3) is 0 Å². The van der Waals surface area contributed by atoms with Crippen LogP contribution in [0.1, 0.15) is 12.7 Å². The van der Waals surface area contributed by atoms with Crippen molar-refractivity contribution in [1.29, 1.82) is 0 Å². The summed E-state index contributed by atoms with van der Waals surface area (Å²) >= 11 is 6.99. The first-order valence-electron chi connectivity index (χ1n) is 8.03. The van der Waals surface area contributed by atoms with Gasteiger partial charge in [0.25, 0.3) is 0 Å². The fourth-order valence-corrected chi connectivity index (χ4v) is 2.96. The molecule has 1 amide bonds. The third-order valence-electron chi connectivity index (χ3n) is 3.48. The SMILES string of the molecule is CC(Sc1n[nH]c(COc2ccc(Cl)cc2)n1)C(=O)Nc1ccccc1F. The topological polar surface area (TPSA) is 79.9 Å². The van der Waals surface area contributed by atoms with Crippen molar-refractivity contribution in [3.8, 4) is 5.75 Å². The Hall–Kier alpha value is -2.58. The zero-order valence-electron chi connectivity index (χ0n) is 14.3. The van der Waals surface area contributed by atoms with Crippen LogP contribution in [-0.4, -0.2) is 26.3 Å². The molecular weight excluding hydrogens is 391 g/mol. The quantitative estimate of drug-likeness (QED) is 0.572. The fraction of sp³-hybridized carbons (Fsp3) is 0.167. The van der Waals surface area contributed by atoms with Crippen molar-refractivity contribution in [1.82, 2.24) is 15.2 Å². The second-order valence-electron chi connectivity index (χ2n) is 5.54. The minimum absolute atomic E-state index is 0.141. The summed E-state index contributed by atoms with van der Waals surface area (Å²) in [5.74, 6) is 0.355. The monoisotopic (exact) mass is 406 g/mol. The van der Waals surface area contributed by atoms with Gasteiger partial charge in [-0.3, -0.25) is 9.89 Å². The fourth-order valence-electron chi connectivity index (χ4n) is 2.09. The summed E-state index contributed by atoms with van der Waals surface area (Å²) in [5, 5.41) is 9.90. The first-order valence-corrected chi connectivity index (χ1v) is 9.29. The predicted molar refractivity (Wildman–Crippen MR) is 103 cm³/mol. The van der Waals surface area contributed by atoms with E-state index in [1.54, 1.807) is 43.3 Å². The Kier molecular flexibility index (Phi) is 6.31. The van der Waals surface area contributed by atoms with Gasteiger partial charge in [-0.1, -0.05) is 35.5 Å². The molecule has 1 atom stereocenters. The second kappa shape index (κ2) is 8.88. The van der Waals surface area contributed by atoms with E-state index < -0.39 is 11.1 Å². The number of ether oxygens (including phenoxy) is 1. The summed E-state index contributed by atoms with van der Waals surface area (Å²) in [6.45, 7) is 1.89. The summed E-state index contributed by atoms with van der Waals surface area (Å²) in [5.41, 5.74) is 0.141. The maximum Gasteiger partial charge on any atom is 0.237 e. The van der Waals surface area contributed by atoms with Crippen LogP contribution in [0.3, 0.4) is 0 Å². The number of carbonyl (C=O) groups is 1. The highest BCUT2D eigenvalue weighted by Crippen LogP contribution is 2.22. The van der Waals surface area contributed by atoms with Gasteiger partial charge in [0.2, 0.25) is 11.1 Å². The largest absolute Gasteiger partial charge is 0.486 e. The van der Waals surface area contributed by atoms with Crippen LogP contribution in [0.15, 0.2) is 53.7 Å². The van der Waals surface area contributed by atoms with E-state index in [-0.39, 0.29) is 18.2 Å². The summed E-state index contributed by atoms with van der Waals surface area (Å²) in [6, 6.07) is 13.0. The Morgan fingerprint density at radius 1 is 1.30 bits per heavy atom. The van der Waals surface area contributed by atoms with Crippen molar-refractivity contribution in [3.05, 3.63) is 65.2 Å². The van der Waals surface area contributed by atoms with Crippen LogP contribution in [0.4, 0.5) is 10.1 Å². The average Bonchev–Trinajstić information content (AvgIpc) is 3.10. The molecule has 0 saturated carbocycles. The molecule has 27 heavy (non-hydrogen) atoms. The van der Waals surface area contributed by atoms with E-state index in [9.17, 15) is 9.18 Å². The minimum Gasteiger partial charge on any atom is -0.486 e. The van der Waals surface area contributed by atoms with Crippen LogP contribution in [0.2, 0.25) is 5.02 Å². The van der Waals surface area contributed by atoms with E-state index >= 15 is 0 Å². The first-order chi connectivity index (χ1) is 13.0. The number of anilines is 1. The van der Waals surface area contributed by atoms with Gasteiger partial charge in [0.05, 0.1) is 10.9 Å². The molecule has 1 heterocycles. The Balaban J connectivity index is 1.52. The van der Waals surface area contributed by atoms with E-state index in [0.717, 1.165) is 11.8 Å². The number of H-pyrrole nitrogens is 1. The molecule has 2 N–H and O–H groups in total. The summed E-state index contributed by atoms with van der Waals surface area (Å²) in [7, 11) is 0. The second-order valence-corrected chi connectivity index (χ2v) is 7.28. The zero-order chi connectivity index (χ0) is 19.2. The summed E-state index contributed by atoms with van der Waals surface area (Å²) in [4.78, 5) is 16.5. The number of hydrogen-bond acceptors (Lipinski definition) is 5. The number of hydrogen-bond donors (Lipinski definition) is 2. The normalized spacial score (nSPS) is 11.8. The number of aromatic nitrogens is 3. The third kappa shape index (κ3) is 5.45. The van der Waals surface area contributed by atoms with Gasteiger partial charge in [0, 0.05) is 5.02 Å². The standard InChI is InChI=1S/C18H16ClFN4O2S/c1-11(17(25)21-15-5-3-2-4-14(15)20)27-18-22-16(23-24-18)10-26-13-8-6-12(19)7-9-13/h2-9,11H,10H2,1H3,(H,21,25)(H,22,23,24). The summed E-state index contributed by atoms with van der Waals surface area (Å²) < 4.78 is 19.2. The van der Waals surface area contributed by atoms with Crippen molar-refractivity contribution in [3.63, 3.8) is 0 Å². The minimum atomic E-state index is -0.509. The van der Waals surface area contributed by atoms with E-state index in [1.165, 1.54) is 12.1 Å². The molecule has 9 heteroatoms. The number of nitrogens with zero attached hydrogens (tertiary/aromatic N) is 2. The molecule has 0 radical (unpaired) electrons. The number of halogens is 2. The molecule has 1 unspecified atom stereocenters. The van der Waals surface area contributed by atoms with E-state index in [0.29, 0.717) is 21.8 Å². The lowest BCUT2D eigenvalue weighted by atomic mass is 10.3. The number of para-hydroxylation sites is 1. The number of thioether (sulfide) groups is 1. The average molecular weight is 407 g/mol. The summed E-state index contributed by atoms with van der Waals surface area (Å²) in [6.07, 6.45) is 0. The molecular formula is C18H16ClFN4O2S. The molecule has 2 aromatic carbocycles. The lowest BCUT2D eigenvalue weighted by molar-refractivity contribution is -0.115. The number of amides is 1. The van der Waals surface area contributed by atoms with Crippen LogP contribution < -0.4 is 10.1 Å². The van der Waals surface area contributed by atoms with Gasteiger partial charge >= 0.3 is 0 Å². The predicted octanol–water partition coefficient (Wildman–Crippen LogP) is 4.30. The molecule has 0 aliphatic heterocycles. The Bertz CT molecular complexity index is 920. The first kappa shape index (κ1) is 19.2. The smallest absolute Gasteiger partial charge is 0.237 e. The van der Waals surface area contributed by atoms with Crippen LogP contribution in [-0.2, 0) is 11.4 Å². The lowest BCUT2D eigenvalue weighted by Gasteiger charge is -2.10. The molecule has 3 rings (SSSR count). The van der Waals surface area contributed by atoms with Gasteiger partial charge < -0.3 is 10.1 Å². The lowest BCUT2D eigenvalue weighted by Crippen LogP contribution is -2.23. The van der Waals surface area contributed by atoms with Crippen LogP contribution in [0.5, 0.6) is 5.75 Å². The van der Waals surface area contributed by atoms with Crippen molar-refractivity contribution in [2.45, 2.75) is 23.9 Å². The van der Waals surface area contributed by atoms with Crippen molar-refractivity contribution in [2.75, 3.05) is 5.32 Å². The van der Waals surface area contributed by atoms with E-state index in [1.807, 2.05) is 0 Å². The Morgan fingerprint density at radius 3 is 2.78 bits per heavy atom. The van der Waals surface area contributed by atoms with Crippen molar-refractivity contribution in [2.24, 2.45) is 0 Å². The highest BCUT2D eigenvalue weighted by atomic mass is 35.5. The number of benzene rings is 2. The molecule has 0 bridgehead atoms. The van der Waals surface area contributed by atoms with Gasteiger partial charge in [-0.05, 0) is 43.3 Å². The third-order valence-corrected chi connectivity index (χ3v) is 4.70.